The van der Waals surface area contributed by atoms with Gasteiger partial charge in [-0.05, 0) is 49.6 Å². The van der Waals surface area contributed by atoms with Gasteiger partial charge in [-0.25, -0.2) is 8.42 Å². The molecule has 0 bridgehead atoms. The highest BCUT2D eigenvalue weighted by Gasteiger charge is 2.37. The van der Waals surface area contributed by atoms with E-state index in [0.717, 1.165) is 12.8 Å². The zero-order valence-electron chi connectivity index (χ0n) is 19.5. The van der Waals surface area contributed by atoms with Crippen molar-refractivity contribution < 1.29 is 27.5 Å². The minimum Gasteiger partial charge on any atom is -0.493 e. The number of sulfonamides is 1. The van der Waals surface area contributed by atoms with Gasteiger partial charge in [0.2, 0.25) is 10.0 Å². The molecule has 2 amide bonds. The highest BCUT2D eigenvalue weighted by molar-refractivity contribution is 7.89. The number of hydrogen-bond donors (Lipinski definition) is 2. The number of piperidine rings is 1. The first-order valence-electron chi connectivity index (χ1n) is 11.4. The van der Waals surface area contributed by atoms with Crippen molar-refractivity contribution in [2.75, 3.05) is 20.3 Å². The zero-order chi connectivity index (χ0) is 24.6. The lowest BCUT2D eigenvalue weighted by atomic mass is 10.0. The number of nitrogens with one attached hydrogen (secondary N) is 2. The number of benzene rings is 2. The van der Waals surface area contributed by atoms with Crippen molar-refractivity contribution in [2.45, 2.75) is 50.0 Å². The van der Waals surface area contributed by atoms with Crippen LogP contribution < -0.4 is 20.3 Å². The molecular weight excluding hydrogens is 458 g/mol. The summed E-state index contributed by atoms with van der Waals surface area (Å²) in [6, 6.07) is 11.8. The Morgan fingerprint density at radius 1 is 1.06 bits per heavy atom. The Labute approximate surface area is 200 Å². The minimum atomic E-state index is -3.84. The highest BCUT2D eigenvalue weighted by atomic mass is 32.2. The maximum Gasteiger partial charge on any atom is 0.269 e. The van der Waals surface area contributed by atoms with Crippen LogP contribution in [0.3, 0.4) is 0 Å². The first kappa shape index (κ1) is 25.5. The van der Waals surface area contributed by atoms with Crippen molar-refractivity contribution in [1.29, 1.82) is 0 Å². The Kier molecular flexibility index (Phi) is 8.89. The molecule has 1 aliphatic rings. The topological polar surface area (TPSA) is 114 Å². The molecule has 0 aliphatic carbocycles. The molecule has 0 radical (unpaired) electrons. The minimum absolute atomic E-state index is 0.132. The van der Waals surface area contributed by atoms with Crippen LogP contribution in [0.25, 0.3) is 0 Å². The van der Waals surface area contributed by atoms with E-state index in [4.69, 9.17) is 9.47 Å². The van der Waals surface area contributed by atoms with E-state index >= 15 is 0 Å². The number of methoxy groups -OCH3 is 1. The monoisotopic (exact) mass is 489 g/mol. The molecule has 3 rings (SSSR count). The fourth-order valence-electron chi connectivity index (χ4n) is 3.71. The van der Waals surface area contributed by atoms with Gasteiger partial charge in [0, 0.05) is 12.1 Å². The van der Waals surface area contributed by atoms with Gasteiger partial charge in [0.1, 0.15) is 6.04 Å². The van der Waals surface area contributed by atoms with Crippen molar-refractivity contribution in [1.82, 2.24) is 15.2 Å². The summed E-state index contributed by atoms with van der Waals surface area (Å²) in [5.74, 6) is -0.206. The molecule has 2 N–H and O–H groups in total. The maximum absolute atomic E-state index is 13.1. The van der Waals surface area contributed by atoms with Crippen LogP contribution in [0, 0.1) is 0 Å². The first-order chi connectivity index (χ1) is 16.4. The number of carbonyl (C=O) groups is 2. The summed E-state index contributed by atoms with van der Waals surface area (Å²) in [6.45, 7) is 2.84. The third-order valence-electron chi connectivity index (χ3n) is 5.59. The predicted molar refractivity (Wildman–Crippen MR) is 127 cm³/mol. The molecule has 34 heavy (non-hydrogen) atoms. The molecule has 2 aromatic rings. The number of unbranched alkanes of at least 4 members (excludes halogenated alkanes) is 1. The number of carbonyl (C=O) groups excluding carboxylic acids is 2. The van der Waals surface area contributed by atoms with Crippen molar-refractivity contribution in [2.24, 2.45) is 0 Å². The van der Waals surface area contributed by atoms with Gasteiger partial charge in [-0.1, -0.05) is 38.0 Å². The Morgan fingerprint density at radius 2 is 1.82 bits per heavy atom. The van der Waals surface area contributed by atoms with E-state index in [1.54, 1.807) is 30.3 Å². The number of hydrazine groups is 1. The number of rotatable bonds is 9. The fourth-order valence-corrected chi connectivity index (χ4v) is 5.39. The molecule has 1 atom stereocenters. The van der Waals surface area contributed by atoms with Gasteiger partial charge in [0.05, 0.1) is 18.6 Å². The molecule has 184 valence electrons. The van der Waals surface area contributed by atoms with Crippen LogP contribution in [0.15, 0.2) is 53.4 Å². The van der Waals surface area contributed by atoms with Crippen LogP contribution in [0.5, 0.6) is 11.5 Å². The molecule has 0 aromatic heterocycles. The summed E-state index contributed by atoms with van der Waals surface area (Å²) in [6.07, 6.45) is 3.63. The van der Waals surface area contributed by atoms with E-state index < -0.39 is 27.9 Å². The summed E-state index contributed by atoms with van der Waals surface area (Å²) >= 11 is 0. The van der Waals surface area contributed by atoms with Crippen LogP contribution >= 0.6 is 0 Å². The average Bonchev–Trinajstić information content (AvgIpc) is 2.87. The Morgan fingerprint density at radius 3 is 2.53 bits per heavy atom. The van der Waals surface area contributed by atoms with Crippen molar-refractivity contribution in [3.63, 3.8) is 0 Å². The molecule has 1 unspecified atom stereocenters. The lowest BCUT2D eigenvalue weighted by molar-refractivity contribution is -0.126. The van der Waals surface area contributed by atoms with Gasteiger partial charge in [-0.2, -0.15) is 4.31 Å². The number of amides is 2. The van der Waals surface area contributed by atoms with E-state index in [0.29, 0.717) is 37.4 Å². The molecule has 1 heterocycles. The Balaban J connectivity index is 1.66. The molecule has 9 nitrogen and oxygen atoms in total. The molecule has 1 saturated heterocycles. The van der Waals surface area contributed by atoms with Gasteiger partial charge in [0.25, 0.3) is 11.8 Å². The number of hydrogen-bond acceptors (Lipinski definition) is 6. The molecule has 0 saturated carbocycles. The fraction of sp³-hybridized carbons (Fsp3) is 0.417. The lowest BCUT2D eigenvalue weighted by Gasteiger charge is -2.33. The highest BCUT2D eigenvalue weighted by Crippen LogP contribution is 2.28. The van der Waals surface area contributed by atoms with Crippen LogP contribution in [0.2, 0.25) is 0 Å². The van der Waals surface area contributed by atoms with Crippen LogP contribution in [0.1, 0.15) is 49.4 Å². The van der Waals surface area contributed by atoms with Gasteiger partial charge < -0.3 is 9.47 Å². The second kappa shape index (κ2) is 11.8. The largest absolute Gasteiger partial charge is 0.493 e. The standard InChI is InChI=1S/C24H31N3O6S/c1-3-4-16-33-21-14-13-18(17-22(21)32-2)23(28)25-26-24(29)20-12-8-9-15-27(20)34(30,31)19-10-6-5-7-11-19/h5-7,10-11,13-14,17,20H,3-4,8-9,12,15-16H2,1-2H3,(H,25,28)(H,26,29). The molecular formula is C24H31N3O6S. The van der Waals surface area contributed by atoms with E-state index in [1.165, 1.54) is 29.6 Å². The third kappa shape index (κ3) is 6.06. The Hall–Kier alpha value is -3.11. The van der Waals surface area contributed by atoms with E-state index in [-0.39, 0.29) is 17.0 Å². The number of ether oxygens (including phenoxy) is 2. The second-order valence-electron chi connectivity index (χ2n) is 7.95. The normalized spacial score (nSPS) is 16.5. The van der Waals surface area contributed by atoms with Crippen molar-refractivity contribution >= 4 is 21.8 Å². The molecule has 1 fully saturated rings. The third-order valence-corrected chi connectivity index (χ3v) is 7.51. The summed E-state index contributed by atoms with van der Waals surface area (Å²) in [7, 11) is -2.36. The van der Waals surface area contributed by atoms with Crippen LogP contribution in [-0.4, -0.2) is 50.8 Å². The molecule has 1 aliphatic heterocycles. The van der Waals surface area contributed by atoms with Gasteiger partial charge in [-0.15, -0.1) is 0 Å². The van der Waals surface area contributed by atoms with Gasteiger partial charge in [0.15, 0.2) is 11.5 Å². The van der Waals surface area contributed by atoms with Crippen molar-refractivity contribution in [3.05, 3.63) is 54.1 Å². The smallest absolute Gasteiger partial charge is 0.269 e. The van der Waals surface area contributed by atoms with Gasteiger partial charge >= 0.3 is 0 Å². The zero-order valence-corrected chi connectivity index (χ0v) is 20.3. The van der Waals surface area contributed by atoms with E-state index in [1.807, 2.05) is 0 Å². The van der Waals surface area contributed by atoms with E-state index in [9.17, 15) is 18.0 Å². The van der Waals surface area contributed by atoms with Crippen LogP contribution in [-0.2, 0) is 14.8 Å². The summed E-state index contributed by atoms with van der Waals surface area (Å²) in [4.78, 5) is 25.6. The molecule has 2 aromatic carbocycles. The number of nitrogens with zero attached hydrogens (tertiary/aromatic N) is 1. The predicted octanol–water partition coefficient (Wildman–Crippen LogP) is 2.88. The second-order valence-corrected chi connectivity index (χ2v) is 9.84. The molecule has 0 spiro atoms. The summed E-state index contributed by atoms with van der Waals surface area (Å²) < 4.78 is 38.4. The maximum atomic E-state index is 13.1. The lowest BCUT2D eigenvalue weighted by Crippen LogP contribution is -2.55. The van der Waals surface area contributed by atoms with E-state index in [2.05, 4.69) is 17.8 Å². The quantitative estimate of drug-likeness (QED) is 0.414. The Bertz CT molecular complexity index is 1090. The summed E-state index contributed by atoms with van der Waals surface area (Å²) in [5.41, 5.74) is 5.02. The summed E-state index contributed by atoms with van der Waals surface area (Å²) in [5, 5.41) is 0. The van der Waals surface area contributed by atoms with Crippen LogP contribution in [0.4, 0.5) is 0 Å². The van der Waals surface area contributed by atoms with Crippen molar-refractivity contribution in [3.8, 4) is 11.5 Å². The molecule has 10 heteroatoms. The average molecular weight is 490 g/mol. The van der Waals surface area contributed by atoms with Gasteiger partial charge in [-0.3, -0.25) is 20.4 Å². The SMILES string of the molecule is CCCCOc1ccc(C(=O)NNC(=O)C2CCCCN2S(=O)(=O)c2ccccc2)cc1OC. The first-order valence-corrected chi connectivity index (χ1v) is 12.8.